The van der Waals surface area contributed by atoms with Gasteiger partial charge in [-0.1, -0.05) is 30.3 Å². The van der Waals surface area contributed by atoms with Crippen molar-refractivity contribution in [1.29, 1.82) is 0 Å². The smallest absolute Gasteiger partial charge is 0.434 e. The Morgan fingerprint density at radius 1 is 1.17 bits per heavy atom. The summed E-state index contributed by atoms with van der Waals surface area (Å²) in [6.07, 6.45) is -2.88. The first-order valence-corrected chi connectivity index (χ1v) is 9.39. The number of halogens is 3. The summed E-state index contributed by atoms with van der Waals surface area (Å²) >= 11 is 0. The Kier molecular flexibility index (Phi) is 4.93. The summed E-state index contributed by atoms with van der Waals surface area (Å²) in [5, 5.41) is 3.81. The van der Waals surface area contributed by atoms with Gasteiger partial charge in [-0.15, -0.1) is 0 Å². The van der Waals surface area contributed by atoms with E-state index in [1.807, 2.05) is 12.1 Å². The van der Waals surface area contributed by atoms with Crippen LogP contribution >= 0.6 is 0 Å². The number of alkyl halides is 3. The van der Waals surface area contributed by atoms with E-state index in [1.54, 1.807) is 18.2 Å². The summed E-state index contributed by atoms with van der Waals surface area (Å²) in [4.78, 5) is 24.3. The van der Waals surface area contributed by atoms with Crippen LogP contribution in [0, 0.1) is 0 Å². The van der Waals surface area contributed by atoms with E-state index >= 15 is 0 Å². The first-order valence-electron chi connectivity index (χ1n) is 9.39. The van der Waals surface area contributed by atoms with Crippen LogP contribution in [0.15, 0.2) is 48.7 Å². The third-order valence-corrected chi connectivity index (χ3v) is 4.99. The largest absolute Gasteiger partial charge is 0.462 e. The van der Waals surface area contributed by atoms with Crippen molar-refractivity contribution in [3.05, 3.63) is 71.0 Å². The predicted molar refractivity (Wildman–Crippen MR) is 103 cm³/mol. The Morgan fingerprint density at radius 3 is 2.67 bits per heavy atom. The molecule has 1 aliphatic rings. The quantitative estimate of drug-likeness (QED) is 0.572. The summed E-state index contributed by atoms with van der Waals surface area (Å²) in [5.74, 6) is -1.07. The minimum Gasteiger partial charge on any atom is -0.462 e. The minimum absolute atomic E-state index is 0.0191. The molecule has 4 rings (SSSR count). The number of aromatic nitrogens is 2. The maximum Gasteiger partial charge on any atom is 0.434 e. The van der Waals surface area contributed by atoms with Crippen LogP contribution in [0.1, 0.15) is 45.3 Å². The van der Waals surface area contributed by atoms with Crippen molar-refractivity contribution < 1.29 is 27.5 Å². The second-order valence-corrected chi connectivity index (χ2v) is 6.85. The SMILES string of the molecule is CCOC(=O)c1cnn(-c2cccc(-c3cccc4c3C(=O)CC4)c2)c1C(F)(F)F. The van der Waals surface area contributed by atoms with Crippen LogP contribution < -0.4 is 0 Å². The maximum atomic E-state index is 13.8. The Morgan fingerprint density at radius 2 is 1.93 bits per heavy atom. The number of Topliss-reactive ketones (excluding diaryl/α,β-unsaturated/α-hetero) is 1. The zero-order valence-corrected chi connectivity index (χ0v) is 16.0. The Labute approximate surface area is 170 Å². The van der Waals surface area contributed by atoms with Gasteiger partial charge >= 0.3 is 12.1 Å². The molecule has 1 heterocycles. The average Bonchev–Trinajstić information content (AvgIpc) is 3.33. The lowest BCUT2D eigenvalue weighted by Gasteiger charge is -2.14. The third-order valence-electron chi connectivity index (χ3n) is 4.99. The summed E-state index contributed by atoms with van der Waals surface area (Å²) in [5.41, 5.74) is 1.08. The number of aryl methyl sites for hydroxylation is 1. The van der Waals surface area contributed by atoms with Crippen LogP contribution in [-0.2, 0) is 17.3 Å². The van der Waals surface area contributed by atoms with E-state index in [4.69, 9.17) is 4.74 Å². The number of rotatable bonds is 4. The molecular weight excluding hydrogens is 397 g/mol. The monoisotopic (exact) mass is 414 g/mol. The van der Waals surface area contributed by atoms with Gasteiger partial charge in [0.25, 0.3) is 0 Å². The fourth-order valence-electron chi connectivity index (χ4n) is 3.73. The van der Waals surface area contributed by atoms with Gasteiger partial charge in [0.05, 0.1) is 18.5 Å². The fourth-order valence-corrected chi connectivity index (χ4v) is 3.73. The topological polar surface area (TPSA) is 61.2 Å². The molecule has 1 aliphatic carbocycles. The van der Waals surface area contributed by atoms with E-state index in [2.05, 4.69) is 5.10 Å². The van der Waals surface area contributed by atoms with Gasteiger partial charge in [-0.2, -0.15) is 18.3 Å². The van der Waals surface area contributed by atoms with Gasteiger partial charge in [0.1, 0.15) is 5.56 Å². The van der Waals surface area contributed by atoms with Gasteiger partial charge in [-0.25, -0.2) is 9.48 Å². The first kappa shape index (κ1) is 19.9. The number of esters is 1. The number of ketones is 1. The van der Waals surface area contributed by atoms with Gasteiger partial charge in [0.2, 0.25) is 0 Å². The van der Waals surface area contributed by atoms with Crippen LogP contribution in [0.5, 0.6) is 0 Å². The van der Waals surface area contributed by atoms with Crippen LogP contribution in [0.2, 0.25) is 0 Å². The molecule has 30 heavy (non-hydrogen) atoms. The molecule has 0 amide bonds. The minimum atomic E-state index is -4.82. The number of carbonyl (C=O) groups is 2. The number of ether oxygens (including phenoxy) is 1. The van der Waals surface area contributed by atoms with E-state index < -0.39 is 23.4 Å². The van der Waals surface area contributed by atoms with Crippen molar-refractivity contribution in [2.75, 3.05) is 6.61 Å². The summed E-state index contributed by atoms with van der Waals surface area (Å²) in [7, 11) is 0. The number of hydrogen-bond donors (Lipinski definition) is 0. The molecule has 5 nitrogen and oxygen atoms in total. The molecule has 0 bridgehead atoms. The van der Waals surface area contributed by atoms with Gasteiger partial charge in [-0.05, 0) is 42.2 Å². The predicted octanol–water partition coefficient (Wildman–Crippen LogP) is 4.86. The summed E-state index contributed by atoms with van der Waals surface area (Å²) < 4.78 is 46.7. The van der Waals surface area contributed by atoms with Gasteiger partial charge in [0, 0.05) is 12.0 Å². The number of benzene rings is 2. The van der Waals surface area contributed by atoms with Crippen LogP contribution in [0.3, 0.4) is 0 Å². The molecule has 3 aromatic rings. The van der Waals surface area contributed by atoms with E-state index in [1.165, 1.54) is 19.1 Å². The second-order valence-electron chi connectivity index (χ2n) is 6.85. The lowest BCUT2D eigenvalue weighted by molar-refractivity contribution is -0.143. The van der Waals surface area contributed by atoms with Gasteiger partial charge < -0.3 is 4.74 Å². The second kappa shape index (κ2) is 7.44. The number of fused-ring (bicyclic) bond motifs is 1. The van der Waals surface area contributed by atoms with Crippen molar-refractivity contribution in [1.82, 2.24) is 9.78 Å². The number of hydrogen-bond acceptors (Lipinski definition) is 4. The molecule has 0 aliphatic heterocycles. The number of nitrogens with zero attached hydrogens (tertiary/aromatic N) is 2. The lowest BCUT2D eigenvalue weighted by Crippen LogP contribution is -2.18. The Balaban J connectivity index is 1.84. The molecule has 0 spiro atoms. The highest BCUT2D eigenvalue weighted by Gasteiger charge is 2.41. The summed E-state index contributed by atoms with van der Waals surface area (Å²) in [6.45, 7) is 1.46. The molecule has 1 aromatic heterocycles. The van der Waals surface area contributed by atoms with Crippen molar-refractivity contribution in [3.63, 3.8) is 0 Å². The van der Waals surface area contributed by atoms with Crippen LogP contribution in [-0.4, -0.2) is 28.1 Å². The van der Waals surface area contributed by atoms with Gasteiger partial charge in [0.15, 0.2) is 11.5 Å². The van der Waals surface area contributed by atoms with Crippen molar-refractivity contribution in [2.45, 2.75) is 25.9 Å². The van der Waals surface area contributed by atoms with Crippen molar-refractivity contribution in [3.8, 4) is 16.8 Å². The molecule has 0 N–H and O–H groups in total. The van der Waals surface area contributed by atoms with Crippen LogP contribution in [0.25, 0.3) is 16.8 Å². The van der Waals surface area contributed by atoms with E-state index in [0.717, 1.165) is 11.8 Å². The number of carbonyl (C=O) groups excluding carboxylic acids is 2. The van der Waals surface area contributed by atoms with E-state index in [-0.39, 0.29) is 18.1 Å². The van der Waals surface area contributed by atoms with E-state index in [9.17, 15) is 22.8 Å². The van der Waals surface area contributed by atoms with Crippen molar-refractivity contribution in [2.24, 2.45) is 0 Å². The summed E-state index contributed by atoms with van der Waals surface area (Å²) in [6, 6.07) is 11.8. The lowest BCUT2D eigenvalue weighted by atomic mass is 9.96. The van der Waals surface area contributed by atoms with Crippen LogP contribution in [0.4, 0.5) is 13.2 Å². The zero-order valence-electron chi connectivity index (χ0n) is 16.0. The molecular formula is C22H17F3N2O3. The Bertz CT molecular complexity index is 1150. The van der Waals surface area contributed by atoms with Gasteiger partial charge in [-0.3, -0.25) is 4.79 Å². The molecule has 0 saturated heterocycles. The fraction of sp³-hybridized carbons (Fsp3) is 0.227. The van der Waals surface area contributed by atoms with Crippen molar-refractivity contribution >= 4 is 11.8 Å². The average molecular weight is 414 g/mol. The molecule has 0 unspecified atom stereocenters. The highest BCUT2D eigenvalue weighted by Crippen LogP contribution is 2.36. The molecule has 0 fully saturated rings. The highest BCUT2D eigenvalue weighted by molar-refractivity contribution is 6.06. The molecule has 0 saturated carbocycles. The molecule has 8 heteroatoms. The first-order chi connectivity index (χ1) is 14.3. The molecule has 2 aromatic carbocycles. The zero-order chi connectivity index (χ0) is 21.5. The maximum absolute atomic E-state index is 13.8. The highest BCUT2D eigenvalue weighted by atomic mass is 19.4. The normalized spacial score (nSPS) is 13.4. The molecule has 154 valence electrons. The standard InChI is InChI=1S/C22H17F3N2O3/c1-2-30-21(29)17-12-26-27(20(17)22(23,24)25)15-7-3-6-14(11-15)16-8-4-5-13-9-10-18(28)19(13)16/h3-8,11-12H,2,9-10H2,1H3. The van der Waals surface area contributed by atoms with E-state index in [0.29, 0.717) is 34.2 Å². The third kappa shape index (κ3) is 3.38. The Hall–Kier alpha value is -3.42. The molecule has 0 radical (unpaired) electrons. The molecule has 0 atom stereocenters.